The largest absolute Gasteiger partial charge is 0.491 e. The van der Waals surface area contributed by atoms with Gasteiger partial charge in [-0.05, 0) is 47.1 Å². The van der Waals surface area contributed by atoms with Gasteiger partial charge in [-0.3, -0.25) is 4.79 Å². The summed E-state index contributed by atoms with van der Waals surface area (Å²) in [4.78, 5) is 12.0. The van der Waals surface area contributed by atoms with Crippen LogP contribution in [0.4, 0.5) is 14.5 Å². The molecular formula is C16H13BrClF2NO3. The molecule has 0 saturated heterocycles. The quantitative estimate of drug-likeness (QED) is 0.730. The second-order valence-electron chi connectivity index (χ2n) is 4.61. The third-order valence-corrected chi connectivity index (χ3v) is 3.71. The second kappa shape index (κ2) is 8.30. The Hall–Kier alpha value is -1.86. The first kappa shape index (κ1) is 18.5. The molecule has 1 amide bonds. The normalized spacial score (nSPS) is 10.4. The molecule has 0 atom stereocenters. The lowest BCUT2D eigenvalue weighted by molar-refractivity contribution is -0.118. The maximum atomic E-state index is 13.5. The van der Waals surface area contributed by atoms with Crippen LogP contribution in [0.25, 0.3) is 0 Å². The predicted octanol–water partition coefficient (Wildman–Crippen LogP) is 4.80. The fraction of sp³-hybridized carbons (Fsp3) is 0.188. The highest BCUT2D eigenvalue weighted by Crippen LogP contribution is 2.34. The van der Waals surface area contributed by atoms with E-state index in [1.807, 2.05) is 0 Å². The van der Waals surface area contributed by atoms with Crippen molar-refractivity contribution in [3.63, 3.8) is 0 Å². The summed E-state index contributed by atoms with van der Waals surface area (Å²) >= 11 is 8.99. The first-order valence-electron chi connectivity index (χ1n) is 6.90. The van der Waals surface area contributed by atoms with Crippen LogP contribution in [0.2, 0.25) is 5.02 Å². The topological polar surface area (TPSA) is 47.6 Å². The van der Waals surface area contributed by atoms with Crippen LogP contribution in [0, 0.1) is 11.6 Å². The molecular weight excluding hydrogens is 408 g/mol. The first-order chi connectivity index (χ1) is 11.4. The average molecular weight is 421 g/mol. The number of rotatable bonds is 6. The number of amides is 1. The lowest BCUT2D eigenvalue weighted by Gasteiger charge is -2.14. The molecule has 2 rings (SSSR count). The summed E-state index contributed by atoms with van der Waals surface area (Å²) < 4.78 is 37.5. The van der Waals surface area contributed by atoms with Gasteiger partial charge in [0.15, 0.2) is 12.4 Å². The summed E-state index contributed by atoms with van der Waals surface area (Å²) in [6.45, 7) is 1.72. The van der Waals surface area contributed by atoms with E-state index >= 15 is 0 Å². The number of hydrogen-bond donors (Lipinski definition) is 1. The molecule has 0 spiro atoms. The molecule has 1 N–H and O–H groups in total. The maximum Gasteiger partial charge on any atom is 0.262 e. The summed E-state index contributed by atoms with van der Waals surface area (Å²) in [7, 11) is 0. The van der Waals surface area contributed by atoms with E-state index in [9.17, 15) is 13.6 Å². The monoisotopic (exact) mass is 419 g/mol. The van der Waals surface area contributed by atoms with Crippen LogP contribution in [-0.4, -0.2) is 19.1 Å². The molecule has 8 heteroatoms. The van der Waals surface area contributed by atoms with Crippen LogP contribution in [0.3, 0.4) is 0 Å². The van der Waals surface area contributed by atoms with Crippen LogP contribution < -0.4 is 14.8 Å². The Labute approximate surface area is 150 Å². The van der Waals surface area contributed by atoms with E-state index in [0.29, 0.717) is 16.8 Å². The van der Waals surface area contributed by atoms with E-state index < -0.39 is 17.5 Å². The zero-order valence-corrected chi connectivity index (χ0v) is 14.9. The van der Waals surface area contributed by atoms with Crippen LogP contribution in [0.1, 0.15) is 6.92 Å². The van der Waals surface area contributed by atoms with Crippen molar-refractivity contribution in [1.82, 2.24) is 0 Å². The number of carbonyl (C=O) groups is 1. The van der Waals surface area contributed by atoms with E-state index in [1.54, 1.807) is 6.92 Å². The van der Waals surface area contributed by atoms with Crippen molar-refractivity contribution in [2.45, 2.75) is 6.92 Å². The molecule has 2 aromatic rings. The minimum Gasteiger partial charge on any atom is -0.491 e. The Morgan fingerprint density at radius 1 is 1.21 bits per heavy atom. The molecule has 0 saturated carbocycles. The highest BCUT2D eigenvalue weighted by molar-refractivity contribution is 9.10. The minimum absolute atomic E-state index is 0.0475. The van der Waals surface area contributed by atoms with E-state index in [-0.39, 0.29) is 23.1 Å². The fourth-order valence-corrected chi connectivity index (χ4v) is 2.63. The minimum atomic E-state index is -0.547. The van der Waals surface area contributed by atoms with Gasteiger partial charge in [0, 0.05) is 6.07 Å². The fourth-order valence-electron chi connectivity index (χ4n) is 1.87. The van der Waals surface area contributed by atoms with Gasteiger partial charge in [-0.2, -0.15) is 0 Å². The third kappa shape index (κ3) is 4.82. The van der Waals surface area contributed by atoms with E-state index in [2.05, 4.69) is 21.2 Å². The standard InChI is InChI=1S/C16H13BrClF2NO3/c1-2-23-16-11(17)5-10(20)7-13(16)21-15(22)8-24-14-4-3-9(19)6-12(14)18/h3-7H,2,8H2,1H3,(H,21,22). The molecule has 0 fully saturated rings. The highest BCUT2D eigenvalue weighted by atomic mass is 79.9. The third-order valence-electron chi connectivity index (χ3n) is 2.82. The number of benzene rings is 2. The van der Waals surface area contributed by atoms with E-state index in [4.69, 9.17) is 21.1 Å². The molecule has 0 aliphatic heterocycles. The van der Waals surface area contributed by atoms with Gasteiger partial charge < -0.3 is 14.8 Å². The highest BCUT2D eigenvalue weighted by Gasteiger charge is 2.14. The first-order valence-corrected chi connectivity index (χ1v) is 8.07. The van der Waals surface area contributed by atoms with E-state index in [0.717, 1.165) is 18.2 Å². The van der Waals surface area contributed by atoms with Gasteiger partial charge in [-0.15, -0.1) is 0 Å². The van der Waals surface area contributed by atoms with Gasteiger partial charge in [-0.1, -0.05) is 11.6 Å². The number of anilines is 1. The van der Waals surface area contributed by atoms with Crippen LogP contribution in [-0.2, 0) is 4.79 Å². The molecule has 0 aliphatic rings. The lowest BCUT2D eigenvalue weighted by atomic mass is 10.2. The van der Waals surface area contributed by atoms with E-state index in [1.165, 1.54) is 12.1 Å². The number of ether oxygens (including phenoxy) is 2. The second-order valence-corrected chi connectivity index (χ2v) is 5.87. The van der Waals surface area contributed by atoms with Gasteiger partial charge in [-0.25, -0.2) is 8.78 Å². The maximum absolute atomic E-state index is 13.5. The van der Waals surface area contributed by atoms with Gasteiger partial charge >= 0.3 is 0 Å². The predicted molar refractivity (Wildman–Crippen MR) is 90.8 cm³/mol. The summed E-state index contributed by atoms with van der Waals surface area (Å²) in [6.07, 6.45) is 0. The summed E-state index contributed by atoms with van der Waals surface area (Å²) in [5.74, 6) is -1.12. The molecule has 4 nitrogen and oxygen atoms in total. The Balaban J connectivity index is 2.07. The number of hydrogen-bond acceptors (Lipinski definition) is 3. The SMILES string of the molecule is CCOc1c(Br)cc(F)cc1NC(=O)COc1ccc(F)cc1Cl. The molecule has 24 heavy (non-hydrogen) atoms. The van der Waals surface area contributed by atoms with Crippen molar-refractivity contribution in [2.24, 2.45) is 0 Å². The van der Waals surface area contributed by atoms with Crippen LogP contribution in [0.5, 0.6) is 11.5 Å². The van der Waals surface area contributed by atoms with Gasteiger partial charge in [0.2, 0.25) is 0 Å². The van der Waals surface area contributed by atoms with Crippen LogP contribution >= 0.6 is 27.5 Å². The average Bonchev–Trinajstić information content (AvgIpc) is 2.50. The molecule has 0 heterocycles. The number of nitrogens with one attached hydrogen (secondary N) is 1. The molecule has 0 aliphatic carbocycles. The zero-order chi connectivity index (χ0) is 17.7. The Kier molecular flexibility index (Phi) is 6.39. The van der Waals surface area contributed by atoms with Crippen molar-refractivity contribution in [3.05, 3.63) is 51.5 Å². The van der Waals surface area contributed by atoms with Gasteiger partial charge in [0.1, 0.15) is 17.4 Å². The number of carbonyl (C=O) groups excluding carboxylic acids is 1. The lowest BCUT2D eigenvalue weighted by Crippen LogP contribution is -2.21. The summed E-state index contributed by atoms with van der Waals surface area (Å²) in [5.41, 5.74) is 0.169. The van der Waals surface area contributed by atoms with Gasteiger partial charge in [0.05, 0.1) is 21.8 Å². The summed E-state index contributed by atoms with van der Waals surface area (Å²) in [6, 6.07) is 5.92. The van der Waals surface area contributed by atoms with Crippen molar-refractivity contribution in [2.75, 3.05) is 18.5 Å². The molecule has 2 aromatic carbocycles. The van der Waals surface area contributed by atoms with Crippen LogP contribution in [0.15, 0.2) is 34.8 Å². The smallest absolute Gasteiger partial charge is 0.262 e. The molecule has 0 radical (unpaired) electrons. The van der Waals surface area contributed by atoms with Crippen molar-refractivity contribution >= 4 is 39.1 Å². The Bertz CT molecular complexity index is 758. The van der Waals surface area contributed by atoms with Crippen molar-refractivity contribution in [1.29, 1.82) is 0 Å². The molecule has 0 bridgehead atoms. The van der Waals surface area contributed by atoms with Crippen molar-refractivity contribution in [3.8, 4) is 11.5 Å². The molecule has 0 aromatic heterocycles. The van der Waals surface area contributed by atoms with Crippen molar-refractivity contribution < 1.29 is 23.0 Å². The Morgan fingerprint density at radius 2 is 1.96 bits per heavy atom. The number of halogens is 4. The summed E-state index contributed by atoms with van der Waals surface area (Å²) in [5, 5.41) is 2.55. The Morgan fingerprint density at radius 3 is 2.62 bits per heavy atom. The molecule has 0 unspecified atom stereocenters. The zero-order valence-electron chi connectivity index (χ0n) is 12.5. The molecule has 128 valence electrons. The van der Waals surface area contributed by atoms with Gasteiger partial charge in [0.25, 0.3) is 5.91 Å².